The summed E-state index contributed by atoms with van der Waals surface area (Å²) in [5.74, 6) is 1.94. The summed E-state index contributed by atoms with van der Waals surface area (Å²) in [6, 6.07) is 1.46. The molecule has 2 nitrogen and oxygen atoms in total. The van der Waals surface area contributed by atoms with E-state index in [9.17, 15) is 0 Å². The van der Waals surface area contributed by atoms with Crippen LogP contribution in [0.15, 0.2) is 0 Å². The molecule has 1 saturated heterocycles. The van der Waals surface area contributed by atoms with Crippen molar-refractivity contribution < 1.29 is 0 Å². The minimum Gasteiger partial charge on any atom is -0.311 e. The lowest BCUT2D eigenvalue weighted by atomic mass is 9.82. The number of hydrogen-bond acceptors (Lipinski definition) is 2. The Balaban J connectivity index is 1.83. The minimum atomic E-state index is 0.729. The Labute approximate surface area is 107 Å². The van der Waals surface area contributed by atoms with E-state index in [1.165, 1.54) is 51.7 Å². The highest BCUT2D eigenvalue weighted by Crippen LogP contribution is 2.29. The normalized spacial score (nSPS) is 40.4. The Hall–Kier alpha value is -0.0800. The maximum Gasteiger partial charge on any atom is 0.0193 e. The second-order valence-corrected chi connectivity index (χ2v) is 6.45. The first-order valence-electron chi connectivity index (χ1n) is 7.66. The number of nitrogens with one attached hydrogen (secondary N) is 1. The highest BCUT2D eigenvalue weighted by Gasteiger charge is 2.27. The van der Waals surface area contributed by atoms with Crippen LogP contribution in [0, 0.1) is 11.8 Å². The maximum absolute atomic E-state index is 3.65. The summed E-state index contributed by atoms with van der Waals surface area (Å²) in [7, 11) is 0. The molecular weight excluding hydrogens is 208 g/mol. The maximum atomic E-state index is 3.65. The van der Waals surface area contributed by atoms with Crippen LogP contribution in [-0.2, 0) is 0 Å². The number of nitrogens with zero attached hydrogens (tertiary/aromatic N) is 1. The Bertz CT molecular complexity index is 229. The molecule has 0 radical (unpaired) electrons. The van der Waals surface area contributed by atoms with Gasteiger partial charge in [0.25, 0.3) is 0 Å². The molecule has 1 heterocycles. The number of rotatable bonds is 3. The van der Waals surface area contributed by atoms with Crippen molar-refractivity contribution in [3.8, 4) is 0 Å². The van der Waals surface area contributed by atoms with Crippen LogP contribution in [0.5, 0.6) is 0 Å². The van der Waals surface area contributed by atoms with Crippen LogP contribution < -0.4 is 5.32 Å². The van der Waals surface area contributed by atoms with Crippen LogP contribution in [0.3, 0.4) is 0 Å². The van der Waals surface area contributed by atoms with Gasteiger partial charge in [-0.3, -0.25) is 4.90 Å². The van der Waals surface area contributed by atoms with Crippen molar-refractivity contribution in [2.75, 3.05) is 19.6 Å². The van der Waals surface area contributed by atoms with Gasteiger partial charge in [0.15, 0.2) is 0 Å². The zero-order valence-corrected chi connectivity index (χ0v) is 11.9. The third-order valence-electron chi connectivity index (χ3n) is 4.81. The van der Waals surface area contributed by atoms with Crippen molar-refractivity contribution >= 4 is 0 Å². The monoisotopic (exact) mass is 238 g/mol. The zero-order chi connectivity index (χ0) is 12.3. The third kappa shape index (κ3) is 3.69. The average Bonchev–Trinajstić information content (AvgIpc) is 2.32. The van der Waals surface area contributed by atoms with Crippen LogP contribution >= 0.6 is 0 Å². The molecule has 0 aromatic heterocycles. The molecule has 1 N–H and O–H groups in total. The lowest BCUT2D eigenvalue weighted by molar-refractivity contribution is 0.100. The molecule has 0 aromatic rings. The molecule has 2 aliphatic rings. The number of hydrogen-bond donors (Lipinski definition) is 1. The van der Waals surface area contributed by atoms with Crippen LogP contribution in [0.1, 0.15) is 52.9 Å². The highest BCUT2D eigenvalue weighted by molar-refractivity contribution is 4.85. The van der Waals surface area contributed by atoms with Gasteiger partial charge in [-0.2, -0.15) is 0 Å². The van der Waals surface area contributed by atoms with Gasteiger partial charge in [-0.1, -0.05) is 26.7 Å². The first-order chi connectivity index (χ1) is 8.19. The quantitative estimate of drug-likeness (QED) is 0.813. The van der Waals surface area contributed by atoms with E-state index in [0.29, 0.717) is 0 Å². The fraction of sp³-hybridized carbons (Fsp3) is 1.00. The molecule has 4 atom stereocenters. The van der Waals surface area contributed by atoms with Gasteiger partial charge >= 0.3 is 0 Å². The molecule has 2 heteroatoms. The van der Waals surface area contributed by atoms with Gasteiger partial charge < -0.3 is 5.32 Å². The molecule has 100 valence electrons. The molecule has 17 heavy (non-hydrogen) atoms. The van der Waals surface area contributed by atoms with E-state index in [1.54, 1.807) is 0 Å². The van der Waals surface area contributed by atoms with Gasteiger partial charge in [0.05, 0.1) is 0 Å². The molecular formula is C15H30N2. The smallest absolute Gasteiger partial charge is 0.0193 e. The fourth-order valence-corrected chi connectivity index (χ4v) is 3.58. The first kappa shape index (κ1) is 13.4. The van der Waals surface area contributed by atoms with Crippen molar-refractivity contribution in [2.45, 2.75) is 65.0 Å². The SMILES string of the molecule is CCC1CN(CC2CCCC(C)C2)C(C)CN1. The van der Waals surface area contributed by atoms with E-state index in [4.69, 9.17) is 0 Å². The second-order valence-electron chi connectivity index (χ2n) is 6.45. The molecule has 1 saturated carbocycles. The summed E-state index contributed by atoms with van der Waals surface area (Å²) in [5, 5.41) is 3.65. The van der Waals surface area contributed by atoms with Gasteiger partial charge in [0.1, 0.15) is 0 Å². The first-order valence-corrected chi connectivity index (χ1v) is 7.66. The van der Waals surface area contributed by atoms with Crippen molar-refractivity contribution in [1.29, 1.82) is 0 Å². The topological polar surface area (TPSA) is 15.3 Å². The van der Waals surface area contributed by atoms with Crippen molar-refractivity contribution in [3.63, 3.8) is 0 Å². The molecule has 1 aliphatic carbocycles. The molecule has 0 bridgehead atoms. The Morgan fingerprint density at radius 2 is 2.06 bits per heavy atom. The molecule has 2 rings (SSSR count). The van der Waals surface area contributed by atoms with Crippen molar-refractivity contribution in [3.05, 3.63) is 0 Å². The summed E-state index contributed by atoms with van der Waals surface area (Å²) in [4.78, 5) is 2.74. The van der Waals surface area contributed by atoms with Crippen molar-refractivity contribution in [1.82, 2.24) is 10.2 Å². The highest BCUT2D eigenvalue weighted by atomic mass is 15.2. The summed E-state index contributed by atoms with van der Waals surface area (Å²) >= 11 is 0. The van der Waals surface area contributed by atoms with E-state index < -0.39 is 0 Å². The summed E-state index contributed by atoms with van der Waals surface area (Å²) in [6.45, 7) is 10.9. The van der Waals surface area contributed by atoms with E-state index >= 15 is 0 Å². The van der Waals surface area contributed by atoms with Gasteiger partial charge in [-0.25, -0.2) is 0 Å². The predicted molar refractivity (Wildman–Crippen MR) is 74.2 cm³/mol. The van der Waals surface area contributed by atoms with Gasteiger partial charge in [-0.05, 0) is 38.0 Å². The summed E-state index contributed by atoms with van der Waals surface area (Å²) in [6.07, 6.45) is 7.13. The van der Waals surface area contributed by atoms with E-state index in [1.807, 2.05) is 0 Å². The Kier molecular flexibility index (Phi) is 4.87. The standard InChI is InChI=1S/C15H30N2/c1-4-15-11-17(13(3)9-16-15)10-14-7-5-6-12(2)8-14/h12-16H,4-11H2,1-3H3. The fourth-order valence-electron chi connectivity index (χ4n) is 3.58. The largest absolute Gasteiger partial charge is 0.311 e. The summed E-state index contributed by atoms with van der Waals surface area (Å²) in [5.41, 5.74) is 0. The Morgan fingerprint density at radius 3 is 2.76 bits per heavy atom. The third-order valence-corrected chi connectivity index (χ3v) is 4.81. The van der Waals surface area contributed by atoms with E-state index in [-0.39, 0.29) is 0 Å². The lowest BCUT2D eigenvalue weighted by Crippen LogP contribution is -2.56. The molecule has 0 aromatic carbocycles. The van der Waals surface area contributed by atoms with Crippen LogP contribution in [-0.4, -0.2) is 36.6 Å². The van der Waals surface area contributed by atoms with Crippen molar-refractivity contribution in [2.24, 2.45) is 11.8 Å². The van der Waals surface area contributed by atoms with Gasteiger partial charge in [-0.15, -0.1) is 0 Å². The lowest BCUT2D eigenvalue weighted by Gasteiger charge is -2.41. The summed E-state index contributed by atoms with van der Waals surface area (Å²) < 4.78 is 0. The molecule has 0 spiro atoms. The second kappa shape index (κ2) is 6.19. The zero-order valence-electron chi connectivity index (χ0n) is 11.9. The molecule has 0 amide bonds. The molecule has 4 unspecified atom stereocenters. The van der Waals surface area contributed by atoms with E-state index in [2.05, 4.69) is 31.0 Å². The van der Waals surface area contributed by atoms with Crippen LogP contribution in [0.4, 0.5) is 0 Å². The Morgan fingerprint density at radius 1 is 1.24 bits per heavy atom. The molecule has 2 fully saturated rings. The van der Waals surface area contributed by atoms with Crippen LogP contribution in [0.25, 0.3) is 0 Å². The average molecular weight is 238 g/mol. The number of piperazine rings is 1. The van der Waals surface area contributed by atoms with Gasteiger partial charge in [0, 0.05) is 31.7 Å². The van der Waals surface area contributed by atoms with Gasteiger partial charge in [0.2, 0.25) is 0 Å². The van der Waals surface area contributed by atoms with Crippen LogP contribution in [0.2, 0.25) is 0 Å². The molecule has 1 aliphatic heterocycles. The van der Waals surface area contributed by atoms with E-state index in [0.717, 1.165) is 23.9 Å². The predicted octanol–water partition coefficient (Wildman–Crippen LogP) is 2.89. The minimum absolute atomic E-state index is 0.729.